The van der Waals surface area contributed by atoms with E-state index in [4.69, 9.17) is 11.6 Å². The second kappa shape index (κ2) is 4.94. The third-order valence-electron chi connectivity index (χ3n) is 3.33. The molecule has 93 valence electrons. The predicted molar refractivity (Wildman–Crippen MR) is 69.8 cm³/mol. The Morgan fingerprint density at radius 1 is 1.24 bits per heavy atom. The van der Waals surface area contributed by atoms with E-state index in [0.717, 1.165) is 26.2 Å². The molecule has 2 rings (SSSR count). The maximum atomic E-state index is 10.6. The Morgan fingerprint density at radius 3 is 2.41 bits per heavy atom. The molecule has 0 aromatic heterocycles. The minimum absolute atomic E-state index is 0.559. The van der Waals surface area contributed by atoms with Gasteiger partial charge in [0.15, 0.2) is 0 Å². The normalized spacial score (nSPS) is 22.4. The van der Waals surface area contributed by atoms with Gasteiger partial charge in [0.1, 0.15) is 5.72 Å². The van der Waals surface area contributed by atoms with E-state index in [1.165, 1.54) is 0 Å². The lowest BCUT2D eigenvalue weighted by Gasteiger charge is -2.42. The van der Waals surface area contributed by atoms with Crippen molar-refractivity contribution in [3.8, 4) is 0 Å². The number of nitrogens with zero attached hydrogens (tertiary/aromatic N) is 2. The first-order valence-electron chi connectivity index (χ1n) is 5.78. The molecule has 4 heteroatoms. The number of aliphatic hydroxyl groups is 1. The van der Waals surface area contributed by atoms with Crippen LogP contribution in [0.2, 0.25) is 5.02 Å². The van der Waals surface area contributed by atoms with Crippen LogP contribution in [0, 0.1) is 6.92 Å². The van der Waals surface area contributed by atoms with Crippen molar-refractivity contribution in [1.82, 2.24) is 9.80 Å². The lowest BCUT2D eigenvalue weighted by molar-refractivity contribution is -0.0935. The van der Waals surface area contributed by atoms with Crippen LogP contribution in [0.3, 0.4) is 0 Å². The largest absolute Gasteiger partial charge is 0.371 e. The fraction of sp³-hybridized carbons (Fsp3) is 0.462. The number of likely N-dealkylation sites (N-methyl/N-ethyl adjacent to an activating group) is 1. The van der Waals surface area contributed by atoms with Crippen molar-refractivity contribution in [3.63, 3.8) is 0 Å². The molecular formula is C13H18ClN2O. The van der Waals surface area contributed by atoms with Gasteiger partial charge in [-0.15, -0.1) is 0 Å². The summed E-state index contributed by atoms with van der Waals surface area (Å²) < 4.78 is 0. The Balaban J connectivity index is 2.21. The van der Waals surface area contributed by atoms with Gasteiger partial charge in [0.05, 0.1) is 0 Å². The summed E-state index contributed by atoms with van der Waals surface area (Å²) >= 11 is 6.12. The molecule has 1 heterocycles. The molecule has 1 radical (unpaired) electrons. The molecule has 0 spiro atoms. The molecule has 1 aromatic carbocycles. The van der Waals surface area contributed by atoms with Gasteiger partial charge >= 0.3 is 0 Å². The third-order valence-corrected chi connectivity index (χ3v) is 3.66. The highest BCUT2D eigenvalue weighted by Crippen LogP contribution is 2.31. The molecule has 1 aliphatic rings. The Kier molecular flexibility index (Phi) is 3.73. The molecule has 1 unspecified atom stereocenters. The number of halogens is 1. The van der Waals surface area contributed by atoms with Gasteiger partial charge in [-0.2, -0.15) is 0 Å². The van der Waals surface area contributed by atoms with Crippen molar-refractivity contribution in [2.75, 3.05) is 33.2 Å². The van der Waals surface area contributed by atoms with E-state index in [0.29, 0.717) is 10.6 Å². The molecule has 1 saturated heterocycles. The molecule has 0 amide bonds. The first-order chi connectivity index (χ1) is 8.01. The predicted octanol–water partition coefficient (Wildman–Crippen LogP) is 1.57. The molecule has 17 heavy (non-hydrogen) atoms. The number of piperazine rings is 1. The van der Waals surface area contributed by atoms with Gasteiger partial charge in [-0.3, -0.25) is 4.90 Å². The molecule has 1 N–H and O–H groups in total. The molecule has 0 saturated carbocycles. The van der Waals surface area contributed by atoms with Crippen LogP contribution < -0.4 is 0 Å². The van der Waals surface area contributed by atoms with Crippen molar-refractivity contribution in [3.05, 3.63) is 41.8 Å². The van der Waals surface area contributed by atoms with E-state index in [-0.39, 0.29) is 0 Å². The van der Waals surface area contributed by atoms with E-state index in [1.54, 1.807) is 6.07 Å². The molecule has 0 bridgehead atoms. The van der Waals surface area contributed by atoms with Crippen LogP contribution in [0.1, 0.15) is 5.56 Å². The highest BCUT2D eigenvalue weighted by molar-refractivity contribution is 6.31. The molecule has 1 fully saturated rings. The van der Waals surface area contributed by atoms with Crippen LogP contribution in [-0.2, 0) is 5.72 Å². The van der Waals surface area contributed by atoms with Crippen molar-refractivity contribution in [1.29, 1.82) is 0 Å². The third kappa shape index (κ3) is 2.63. The van der Waals surface area contributed by atoms with E-state index in [2.05, 4.69) is 18.9 Å². The highest BCUT2D eigenvalue weighted by Gasteiger charge is 2.34. The number of hydrogen-bond acceptors (Lipinski definition) is 3. The first-order valence-corrected chi connectivity index (χ1v) is 6.16. The van der Waals surface area contributed by atoms with Gasteiger partial charge in [0, 0.05) is 36.8 Å². The summed E-state index contributed by atoms with van der Waals surface area (Å²) in [4.78, 5) is 4.20. The van der Waals surface area contributed by atoms with Crippen LogP contribution in [-0.4, -0.2) is 48.1 Å². The summed E-state index contributed by atoms with van der Waals surface area (Å²) in [6.07, 6.45) is 0. The Labute approximate surface area is 108 Å². The number of hydrogen-bond donors (Lipinski definition) is 1. The quantitative estimate of drug-likeness (QED) is 0.867. The van der Waals surface area contributed by atoms with Crippen LogP contribution in [0.25, 0.3) is 0 Å². The lowest BCUT2D eigenvalue weighted by atomic mass is 10.0. The Bertz CT molecular complexity index is 387. The van der Waals surface area contributed by atoms with E-state index in [9.17, 15) is 5.11 Å². The molecule has 1 aliphatic heterocycles. The number of rotatable bonds is 2. The SMILES string of the molecule is [CH2]C(O)(c1ccccc1Cl)N1CCN(C)CC1. The van der Waals surface area contributed by atoms with Crippen LogP contribution in [0.15, 0.2) is 24.3 Å². The fourth-order valence-corrected chi connectivity index (χ4v) is 2.42. The van der Waals surface area contributed by atoms with Gasteiger partial charge in [-0.25, -0.2) is 0 Å². The van der Waals surface area contributed by atoms with Crippen LogP contribution in [0.4, 0.5) is 0 Å². The van der Waals surface area contributed by atoms with Gasteiger partial charge in [0.2, 0.25) is 0 Å². The van der Waals surface area contributed by atoms with E-state index in [1.807, 2.05) is 23.1 Å². The van der Waals surface area contributed by atoms with Crippen molar-refractivity contribution in [2.24, 2.45) is 0 Å². The smallest absolute Gasteiger partial charge is 0.146 e. The van der Waals surface area contributed by atoms with E-state index >= 15 is 0 Å². The maximum Gasteiger partial charge on any atom is 0.146 e. The summed E-state index contributed by atoms with van der Waals surface area (Å²) in [5.74, 6) is 0. The minimum Gasteiger partial charge on any atom is -0.371 e. The van der Waals surface area contributed by atoms with Gasteiger partial charge in [-0.1, -0.05) is 29.8 Å². The zero-order valence-corrected chi connectivity index (χ0v) is 10.8. The van der Waals surface area contributed by atoms with Crippen molar-refractivity contribution >= 4 is 11.6 Å². The second-order valence-electron chi connectivity index (χ2n) is 4.59. The molecule has 1 atom stereocenters. The van der Waals surface area contributed by atoms with Gasteiger partial charge in [0.25, 0.3) is 0 Å². The molecule has 1 aromatic rings. The average molecular weight is 254 g/mol. The fourth-order valence-electron chi connectivity index (χ4n) is 2.13. The van der Waals surface area contributed by atoms with E-state index < -0.39 is 5.72 Å². The van der Waals surface area contributed by atoms with Gasteiger partial charge in [-0.05, 0) is 20.0 Å². The van der Waals surface area contributed by atoms with Crippen LogP contribution in [0.5, 0.6) is 0 Å². The summed E-state index contributed by atoms with van der Waals surface area (Å²) in [6, 6.07) is 7.33. The second-order valence-corrected chi connectivity index (χ2v) is 4.99. The maximum absolute atomic E-state index is 10.6. The molecular weight excluding hydrogens is 236 g/mol. The Hall–Kier alpha value is -0.610. The molecule has 0 aliphatic carbocycles. The monoisotopic (exact) mass is 253 g/mol. The Morgan fingerprint density at radius 2 is 1.82 bits per heavy atom. The minimum atomic E-state index is -1.24. The van der Waals surface area contributed by atoms with Gasteiger partial charge < -0.3 is 10.0 Å². The summed E-state index contributed by atoms with van der Waals surface area (Å²) in [5.41, 5.74) is -0.564. The zero-order valence-electron chi connectivity index (χ0n) is 10.1. The average Bonchev–Trinajstić information content (AvgIpc) is 2.30. The van der Waals surface area contributed by atoms with Crippen molar-refractivity contribution < 1.29 is 5.11 Å². The highest BCUT2D eigenvalue weighted by atomic mass is 35.5. The lowest BCUT2D eigenvalue weighted by Crippen LogP contribution is -2.53. The summed E-state index contributed by atoms with van der Waals surface area (Å²) in [7, 11) is 2.08. The summed E-state index contributed by atoms with van der Waals surface area (Å²) in [5, 5.41) is 11.1. The topological polar surface area (TPSA) is 26.7 Å². The first kappa shape index (κ1) is 12.8. The molecule has 3 nitrogen and oxygen atoms in total. The standard InChI is InChI=1S/C13H18ClN2O/c1-13(17,11-5-3-4-6-12(11)14)16-9-7-15(2)8-10-16/h3-6,17H,1,7-10H2,2H3. The zero-order chi connectivity index (χ0) is 12.5. The van der Waals surface area contributed by atoms with Crippen molar-refractivity contribution in [2.45, 2.75) is 5.72 Å². The summed E-state index contributed by atoms with van der Waals surface area (Å²) in [6.45, 7) is 7.38. The van der Waals surface area contributed by atoms with Crippen LogP contribution >= 0.6 is 11.6 Å². The number of benzene rings is 1.